The molecule has 0 aliphatic heterocycles. The summed E-state index contributed by atoms with van der Waals surface area (Å²) in [5, 5.41) is 8.33. The lowest BCUT2D eigenvalue weighted by molar-refractivity contribution is 1.10. The van der Waals surface area contributed by atoms with Gasteiger partial charge in [0.25, 0.3) is 0 Å². The van der Waals surface area contributed by atoms with E-state index in [1.807, 2.05) is 49.4 Å². The average molecular weight is 318 g/mol. The molecule has 0 aliphatic carbocycles. The lowest BCUT2D eigenvalue weighted by atomic mass is 10.00. The zero-order valence-electron chi connectivity index (χ0n) is 11.3. The molecule has 21 heavy (non-hydrogen) atoms. The van der Waals surface area contributed by atoms with E-state index in [9.17, 15) is 0 Å². The summed E-state index contributed by atoms with van der Waals surface area (Å²) in [6.07, 6.45) is 0. The van der Waals surface area contributed by atoms with E-state index in [0.717, 1.165) is 27.9 Å². The van der Waals surface area contributed by atoms with Crippen LogP contribution < -0.4 is 5.73 Å². The van der Waals surface area contributed by atoms with Gasteiger partial charge in [-0.25, -0.2) is 0 Å². The van der Waals surface area contributed by atoms with Crippen LogP contribution in [0.15, 0.2) is 42.5 Å². The molecule has 0 aliphatic rings. The molecule has 0 saturated carbocycles. The molecule has 1 heterocycles. The summed E-state index contributed by atoms with van der Waals surface area (Å²) >= 11 is 12.6. The van der Waals surface area contributed by atoms with Gasteiger partial charge in [0.2, 0.25) is 0 Å². The standard InChI is InChI=1S/C16H13Cl2N3/c1-9-6-7-11(13(18)8-9)15-14(16(19)21-20-15)10-4-2-3-5-12(10)17/h2-8H,1H3,(H3,19,20,21). The van der Waals surface area contributed by atoms with Crippen molar-refractivity contribution in [3.63, 3.8) is 0 Å². The third-order valence-corrected chi connectivity index (χ3v) is 3.97. The number of hydrogen-bond acceptors (Lipinski definition) is 2. The van der Waals surface area contributed by atoms with Crippen molar-refractivity contribution in [1.82, 2.24) is 10.2 Å². The highest BCUT2D eigenvalue weighted by Gasteiger charge is 2.18. The van der Waals surface area contributed by atoms with E-state index in [-0.39, 0.29) is 0 Å². The molecule has 106 valence electrons. The van der Waals surface area contributed by atoms with Gasteiger partial charge in [-0.3, -0.25) is 5.10 Å². The minimum Gasteiger partial charge on any atom is -0.382 e. The molecular formula is C16H13Cl2N3. The highest BCUT2D eigenvalue weighted by atomic mass is 35.5. The van der Waals surface area contributed by atoms with Crippen LogP contribution in [0.5, 0.6) is 0 Å². The smallest absolute Gasteiger partial charge is 0.153 e. The first kappa shape index (κ1) is 14.0. The maximum Gasteiger partial charge on any atom is 0.153 e. The molecule has 0 bridgehead atoms. The fourth-order valence-electron chi connectivity index (χ4n) is 2.31. The average Bonchev–Trinajstić information content (AvgIpc) is 2.81. The Bertz CT molecular complexity index is 809. The molecule has 0 amide bonds. The van der Waals surface area contributed by atoms with Gasteiger partial charge in [0.15, 0.2) is 5.82 Å². The summed E-state index contributed by atoms with van der Waals surface area (Å²) in [7, 11) is 0. The Kier molecular flexibility index (Phi) is 3.62. The van der Waals surface area contributed by atoms with Crippen molar-refractivity contribution in [1.29, 1.82) is 0 Å². The fraction of sp³-hybridized carbons (Fsp3) is 0.0625. The molecule has 3 nitrogen and oxygen atoms in total. The molecule has 3 rings (SSSR count). The number of nitrogens with one attached hydrogen (secondary N) is 1. The van der Waals surface area contributed by atoms with Crippen molar-refractivity contribution in [3.8, 4) is 22.4 Å². The Balaban J connectivity index is 2.25. The first-order valence-electron chi connectivity index (χ1n) is 6.43. The third kappa shape index (κ3) is 2.50. The first-order chi connectivity index (χ1) is 10.1. The number of aromatic amines is 1. The minimum absolute atomic E-state index is 0.398. The van der Waals surface area contributed by atoms with Gasteiger partial charge < -0.3 is 5.73 Å². The summed E-state index contributed by atoms with van der Waals surface area (Å²) in [6, 6.07) is 13.4. The topological polar surface area (TPSA) is 54.7 Å². The van der Waals surface area contributed by atoms with Gasteiger partial charge in [-0.05, 0) is 24.6 Å². The van der Waals surface area contributed by atoms with E-state index in [1.54, 1.807) is 0 Å². The Morgan fingerprint density at radius 2 is 1.76 bits per heavy atom. The largest absolute Gasteiger partial charge is 0.382 e. The quantitative estimate of drug-likeness (QED) is 0.703. The molecule has 0 spiro atoms. The molecule has 5 heteroatoms. The predicted octanol–water partition coefficient (Wildman–Crippen LogP) is 4.94. The number of benzene rings is 2. The summed E-state index contributed by atoms with van der Waals surface area (Å²) < 4.78 is 0. The van der Waals surface area contributed by atoms with Gasteiger partial charge in [0.1, 0.15) is 0 Å². The van der Waals surface area contributed by atoms with Gasteiger partial charge >= 0.3 is 0 Å². The zero-order chi connectivity index (χ0) is 15.0. The van der Waals surface area contributed by atoms with E-state index < -0.39 is 0 Å². The molecular weight excluding hydrogens is 305 g/mol. The van der Waals surface area contributed by atoms with E-state index in [0.29, 0.717) is 15.9 Å². The lowest BCUT2D eigenvalue weighted by Crippen LogP contribution is -1.90. The van der Waals surface area contributed by atoms with Gasteiger partial charge in [-0.1, -0.05) is 53.5 Å². The molecule has 2 aromatic carbocycles. The van der Waals surface area contributed by atoms with Crippen LogP contribution in [-0.2, 0) is 0 Å². The monoisotopic (exact) mass is 317 g/mol. The summed E-state index contributed by atoms with van der Waals surface area (Å²) in [4.78, 5) is 0. The maximum absolute atomic E-state index is 6.35. The third-order valence-electron chi connectivity index (χ3n) is 3.33. The van der Waals surface area contributed by atoms with Crippen LogP contribution in [-0.4, -0.2) is 10.2 Å². The molecule has 0 unspecified atom stereocenters. The Morgan fingerprint density at radius 3 is 2.48 bits per heavy atom. The van der Waals surface area contributed by atoms with Gasteiger partial charge in [-0.2, -0.15) is 5.10 Å². The minimum atomic E-state index is 0.398. The van der Waals surface area contributed by atoms with Gasteiger partial charge in [-0.15, -0.1) is 0 Å². The Labute approximate surface area is 132 Å². The van der Waals surface area contributed by atoms with Crippen LogP contribution >= 0.6 is 23.2 Å². The van der Waals surface area contributed by atoms with Crippen molar-refractivity contribution in [2.45, 2.75) is 6.92 Å². The highest BCUT2D eigenvalue weighted by Crippen LogP contribution is 2.40. The second-order valence-electron chi connectivity index (χ2n) is 4.82. The van der Waals surface area contributed by atoms with Crippen molar-refractivity contribution in [3.05, 3.63) is 58.1 Å². The van der Waals surface area contributed by atoms with Crippen LogP contribution in [0.1, 0.15) is 5.56 Å². The number of nitrogens with zero attached hydrogens (tertiary/aromatic N) is 1. The van der Waals surface area contributed by atoms with E-state index >= 15 is 0 Å². The highest BCUT2D eigenvalue weighted by molar-refractivity contribution is 6.34. The second kappa shape index (κ2) is 5.43. The SMILES string of the molecule is Cc1ccc(-c2[nH]nc(N)c2-c2ccccc2Cl)c(Cl)c1. The number of nitrogens with two attached hydrogens (primary N) is 1. The summed E-state index contributed by atoms with van der Waals surface area (Å²) in [6.45, 7) is 1.99. The van der Waals surface area contributed by atoms with E-state index in [2.05, 4.69) is 10.2 Å². The second-order valence-corrected chi connectivity index (χ2v) is 5.64. The zero-order valence-corrected chi connectivity index (χ0v) is 12.8. The van der Waals surface area contributed by atoms with Crippen LogP contribution in [0.2, 0.25) is 10.0 Å². The summed E-state index contributed by atoms with van der Waals surface area (Å²) in [5.41, 5.74) is 10.3. The van der Waals surface area contributed by atoms with Gasteiger partial charge in [0.05, 0.1) is 16.3 Å². The molecule has 0 atom stereocenters. The normalized spacial score (nSPS) is 10.8. The maximum atomic E-state index is 6.35. The van der Waals surface area contributed by atoms with E-state index in [1.165, 1.54) is 0 Å². The first-order valence-corrected chi connectivity index (χ1v) is 7.19. The molecule has 0 radical (unpaired) electrons. The number of H-pyrrole nitrogens is 1. The number of nitrogen functional groups attached to an aromatic ring is 1. The molecule has 0 saturated heterocycles. The van der Waals surface area contributed by atoms with Gasteiger partial charge in [0, 0.05) is 16.1 Å². The number of aromatic nitrogens is 2. The van der Waals surface area contributed by atoms with Crippen LogP contribution in [0.25, 0.3) is 22.4 Å². The van der Waals surface area contributed by atoms with E-state index in [4.69, 9.17) is 28.9 Å². The van der Waals surface area contributed by atoms with Crippen LogP contribution in [0.4, 0.5) is 5.82 Å². The predicted molar refractivity (Wildman–Crippen MR) is 88.6 cm³/mol. The fourth-order valence-corrected chi connectivity index (χ4v) is 2.87. The lowest BCUT2D eigenvalue weighted by Gasteiger charge is -2.08. The van der Waals surface area contributed by atoms with Crippen molar-refractivity contribution in [2.75, 3.05) is 5.73 Å². The Morgan fingerprint density at radius 1 is 1.00 bits per heavy atom. The summed E-state index contributed by atoms with van der Waals surface area (Å²) in [5.74, 6) is 0.398. The number of aryl methyl sites for hydroxylation is 1. The molecule has 3 N–H and O–H groups in total. The van der Waals surface area contributed by atoms with Crippen molar-refractivity contribution in [2.24, 2.45) is 0 Å². The number of anilines is 1. The molecule has 0 fully saturated rings. The van der Waals surface area contributed by atoms with Crippen molar-refractivity contribution >= 4 is 29.0 Å². The van der Waals surface area contributed by atoms with Crippen molar-refractivity contribution < 1.29 is 0 Å². The molecule has 1 aromatic heterocycles. The van der Waals surface area contributed by atoms with Crippen LogP contribution in [0, 0.1) is 6.92 Å². The number of rotatable bonds is 2. The Hall–Kier alpha value is -1.97. The number of halogens is 2. The number of hydrogen-bond donors (Lipinski definition) is 2. The van der Waals surface area contributed by atoms with Crippen LogP contribution in [0.3, 0.4) is 0 Å². The molecule has 3 aromatic rings.